The van der Waals surface area contributed by atoms with Gasteiger partial charge in [-0.3, -0.25) is 9.59 Å². The minimum Gasteiger partial charge on any atom is -0.497 e. The van der Waals surface area contributed by atoms with E-state index in [1.165, 1.54) is 21.8 Å². The zero-order chi connectivity index (χ0) is 28.1. The van der Waals surface area contributed by atoms with Crippen molar-refractivity contribution in [2.45, 2.75) is 57.8 Å². The van der Waals surface area contributed by atoms with Crippen LogP contribution in [0.3, 0.4) is 0 Å². The summed E-state index contributed by atoms with van der Waals surface area (Å²) in [5.41, 5.74) is 1.37. The van der Waals surface area contributed by atoms with Gasteiger partial charge >= 0.3 is 0 Å². The van der Waals surface area contributed by atoms with Crippen LogP contribution in [0, 0.1) is 12.7 Å². The van der Waals surface area contributed by atoms with Gasteiger partial charge in [0.15, 0.2) is 6.04 Å². The number of furan rings is 1. The van der Waals surface area contributed by atoms with E-state index < -0.39 is 17.8 Å². The Morgan fingerprint density at radius 1 is 1.10 bits per heavy atom. The van der Waals surface area contributed by atoms with Crippen LogP contribution in [0.5, 0.6) is 5.75 Å². The van der Waals surface area contributed by atoms with Crippen molar-refractivity contribution in [3.63, 3.8) is 0 Å². The molecule has 2 aromatic heterocycles. The molecule has 4 aromatic rings. The Bertz CT molecular complexity index is 1440. The quantitative estimate of drug-likeness (QED) is 0.317. The van der Waals surface area contributed by atoms with Crippen LogP contribution >= 0.6 is 0 Å². The number of hydrogen-bond donors (Lipinski definition) is 1. The molecule has 2 heterocycles. The second kappa shape index (κ2) is 12.1. The third kappa shape index (κ3) is 6.36. The van der Waals surface area contributed by atoms with E-state index in [-0.39, 0.29) is 25.0 Å². The van der Waals surface area contributed by atoms with Gasteiger partial charge in [-0.25, -0.2) is 4.39 Å². The van der Waals surface area contributed by atoms with Crippen molar-refractivity contribution < 1.29 is 23.1 Å². The Morgan fingerprint density at radius 3 is 2.48 bits per heavy atom. The minimum atomic E-state index is -1.04. The van der Waals surface area contributed by atoms with E-state index >= 15 is 0 Å². The lowest BCUT2D eigenvalue weighted by atomic mass is 10.1. The number of carbonyl (C=O) groups is 2. The first-order valence-corrected chi connectivity index (χ1v) is 13.2. The first kappa shape index (κ1) is 27.0. The number of amides is 2. The topological polar surface area (TPSA) is 115 Å². The number of aryl methyl sites for hydroxylation is 1. The van der Waals surface area contributed by atoms with Crippen LogP contribution in [0.2, 0.25) is 0 Å². The minimum absolute atomic E-state index is 0.0397. The summed E-state index contributed by atoms with van der Waals surface area (Å²) >= 11 is 0. The predicted molar refractivity (Wildman–Crippen MR) is 143 cm³/mol. The van der Waals surface area contributed by atoms with E-state index in [9.17, 15) is 14.0 Å². The third-order valence-electron chi connectivity index (χ3n) is 6.96. The van der Waals surface area contributed by atoms with E-state index in [0.29, 0.717) is 34.2 Å². The van der Waals surface area contributed by atoms with Crippen LogP contribution in [-0.2, 0) is 22.7 Å². The second-order valence-electron chi connectivity index (χ2n) is 9.86. The van der Waals surface area contributed by atoms with Crippen molar-refractivity contribution in [3.8, 4) is 17.1 Å². The van der Waals surface area contributed by atoms with E-state index in [1.807, 2.05) is 0 Å². The van der Waals surface area contributed by atoms with Crippen LogP contribution < -0.4 is 10.1 Å². The molecule has 0 saturated heterocycles. The zero-order valence-corrected chi connectivity index (χ0v) is 22.4. The van der Waals surface area contributed by atoms with Gasteiger partial charge in [-0.15, -0.1) is 10.2 Å². The zero-order valence-electron chi connectivity index (χ0n) is 22.4. The molecule has 0 spiro atoms. The Labute approximate surface area is 231 Å². The maximum atomic E-state index is 13.9. The Hall–Kier alpha value is -4.54. The van der Waals surface area contributed by atoms with Gasteiger partial charge in [0.2, 0.25) is 11.7 Å². The number of benzene rings is 2. The highest BCUT2D eigenvalue weighted by molar-refractivity contribution is 5.88. The highest BCUT2D eigenvalue weighted by atomic mass is 19.1. The number of nitrogens with zero attached hydrogens (tertiary/aromatic N) is 5. The molecule has 1 aliphatic rings. The maximum absolute atomic E-state index is 13.9. The Kier molecular flexibility index (Phi) is 8.18. The lowest BCUT2D eigenvalue weighted by molar-refractivity contribution is -0.143. The van der Waals surface area contributed by atoms with Crippen LogP contribution in [0.25, 0.3) is 11.4 Å². The monoisotopic (exact) mass is 546 g/mol. The molecule has 40 heavy (non-hydrogen) atoms. The number of ether oxygens (including phenoxy) is 1. The van der Waals surface area contributed by atoms with Crippen molar-refractivity contribution in [1.82, 2.24) is 30.4 Å². The summed E-state index contributed by atoms with van der Waals surface area (Å²) in [4.78, 5) is 30.2. The largest absolute Gasteiger partial charge is 0.497 e. The fourth-order valence-corrected chi connectivity index (χ4v) is 4.86. The second-order valence-corrected chi connectivity index (χ2v) is 9.86. The van der Waals surface area contributed by atoms with Crippen molar-refractivity contribution >= 4 is 11.8 Å². The fourth-order valence-electron chi connectivity index (χ4n) is 4.86. The first-order valence-electron chi connectivity index (χ1n) is 13.2. The van der Waals surface area contributed by atoms with Crippen molar-refractivity contribution in [2.24, 2.45) is 0 Å². The fraction of sp³-hybridized carbons (Fsp3) is 0.345. The number of halogens is 1. The lowest BCUT2D eigenvalue weighted by Gasteiger charge is -2.30. The van der Waals surface area contributed by atoms with Gasteiger partial charge in [0.1, 0.15) is 29.6 Å². The number of nitrogens with one attached hydrogen (secondary N) is 1. The highest BCUT2D eigenvalue weighted by Gasteiger charge is 2.35. The van der Waals surface area contributed by atoms with E-state index in [0.717, 1.165) is 25.7 Å². The Morgan fingerprint density at radius 2 is 1.82 bits per heavy atom. The van der Waals surface area contributed by atoms with Gasteiger partial charge in [0.25, 0.3) is 5.91 Å². The third-order valence-corrected chi connectivity index (χ3v) is 6.96. The van der Waals surface area contributed by atoms with Gasteiger partial charge in [0, 0.05) is 18.2 Å². The highest BCUT2D eigenvalue weighted by Crippen LogP contribution is 2.28. The summed E-state index contributed by atoms with van der Waals surface area (Å²) in [5.74, 6) is 0.844. The van der Waals surface area contributed by atoms with Crippen LogP contribution in [0.1, 0.15) is 48.8 Å². The smallest absolute Gasteiger partial charge is 0.250 e. The summed E-state index contributed by atoms with van der Waals surface area (Å²) in [5, 5.41) is 15.6. The van der Waals surface area contributed by atoms with Gasteiger partial charge in [-0.05, 0) is 79.1 Å². The number of rotatable bonds is 10. The molecule has 0 bridgehead atoms. The molecule has 2 aromatic carbocycles. The van der Waals surface area contributed by atoms with Gasteiger partial charge in [-0.2, -0.15) is 4.80 Å². The molecule has 1 fully saturated rings. The molecular weight excluding hydrogens is 515 g/mol. The molecule has 11 heteroatoms. The van der Waals surface area contributed by atoms with Crippen LogP contribution in [0.15, 0.2) is 65.1 Å². The normalized spacial score (nSPS) is 14.2. The van der Waals surface area contributed by atoms with Gasteiger partial charge < -0.3 is 19.4 Å². The van der Waals surface area contributed by atoms with Crippen molar-refractivity contribution in [3.05, 3.63) is 83.6 Å². The molecule has 1 atom stereocenters. The van der Waals surface area contributed by atoms with E-state index in [2.05, 4.69) is 20.7 Å². The number of methoxy groups -OCH3 is 1. The van der Waals surface area contributed by atoms with Crippen LogP contribution in [-0.4, -0.2) is 50.1 Å². The standard InChI is InChI=1S/C29H31FN6O4/c1-19-7-16-25(40-19)27(29(38)31-23-5-3-4-6-23)35(17-20-8-12-22(30)13-9-20)26(37)18-36-33-28(32-34-36)21-10-14-24(39-2)15-11-21/h7-16,23,27H,3-6,17-18H2,1-2H3,(H,31,38)/t27-/m1/s1. The number of hydrogen-bond acceptors (Lipinski definition) is 7. The average Bonchev–Trinajstić information content (AvgIpc) is 3.73. The predicted octanol–water partition coefficient (Wildman–Crippen LogP) is 4.22. The molecule has 1 aliphatic carbocycles. The van der Waals surface area contributed by atoms with Gasteiger partial charge in [-0.1, -0.05) is 25.0 Å². The number of tetrazole rings is 1. The van der Waals surface area contributed by atoms with Crippen molar-refractivity contribution in [2.75, 3.05) is 7.11 Å². The first-order chi connectivity index (χ1) is 19.4. The van der Waals surface area contributed by atoms with Gasteiger partial charge in [0.05, 0.1) is 7.11 Å². The van der Waals surface area contributed by atoms with E-state index in [4.69, 9.17) is 9.15 Å². The summed E-state index contributed by atoms with van der Waals surface area (Å²) in [6.07, 6.45) is 3.86. The summed E-state index contributed by atoms with van der Waals surface area (Å²) < 4.78 is 24.7. The summed E-state index contributed by atoms with van der Waals surface area (Å²) in [6, 6.07) is 15.4. The maximum Gasteiger partial charge on any atom is 0.250 e. The average molecular weight is 547 g/mol. The number of aromatic nitrogens is 4. The molecule has 0 unspecified atom stereocenters. The molecule has 2 amide bonds. The summed E-state index contributed by atoms with van der Waals surface area (Å²) in [6.45, 7) is 1.56. The molecule has 0 radical (unpaired) electrons. The molecule has 1 saturated carbocycles. The molecular formula is C29H31FN6O4. The SMILES string of the molecule is COc1ccc(-c2nnn(CC(=O)N(Cc3ccc(F)cc3)[C@@H](C(=O)NC3CCCC3)c3ccc(C)o3)n2)cc1. The molecule has 0 aliphatic heterocycles. The van der Waals surface area contributed by atoms with E-state index in [1.54, 1.807) is 62.6 Å². The molecule has 1 N–H and O–H groups in total. The molecule has 10 nitrogen and oxygen atoms in total. The summed E-state index contributed by atoms with van der Waals surface area (Å²) in [7, 11) is 1.58. The molecule has 208 valence electrons. The van der Waals surface area contributed by atoms with Crippen molar-refractivity contribution in [1.29, 1.82) is 0 Å². The number of carbonyl (C=O) groups excluding carboxylic acids is 2. The lowest BCUT2D eigenvalue weighted by Crippen LogP contribution is -2.46. The Balaban J connectivity index is 1.44. The molecule has 5 rings (SSSR count). The van der Waals surface area contributed by atoms with Crippen LogP contribution in [0.4, 0.5) is 4.39 Å².